The molecular formula is C15H18F3NO4. The maximum atomic E-state index is 13.7. The molecular weight excluding hydrogens is 315 g/mol. The van der Waals surface area contributed by atoms with E-state index in [1.54, 1.807) is 20.8 Å². The van der Waals surface area contributed by atoms with Gasteiger partial charge in [-0.1, -0.05) is 0 Å². The van der Waals surface area contributed by atoms with Crippen LogP contribution in [0.1, 0.15) is 26.3 Å². The highest BCUT2D eigenvalue weighted by Gasteiger charge is 2.26. The van der Waals surface area contributed by atoms with Crippen LogP contribution in [-0.4, -0.2) is 30.8 Å². The molecule has 5 nitrogen and oxygen atoms in total. The first-order valence-electron chi connectivity index (χ1n) is 6.74. The zero-order valence-corrected chi connectivity index (χ0v) is 13.2. The lowest BCUT2D eigenvalue weighted by molar-refractivity contribution is -0.143. The smallest absolute Gasteiger partial charge is 0.408 e. The van der Waals surface area contributed by atoms with Gasteiger partial charge in [0.2, 0.25) is 0 Å². The molecule has 1 N–H and O–H groups in total. The van der Waals surface area contributed by atoms with Crippen molar-refractivity contribution in [2.24, 2.45) is 0 Å². The number of carbonyl (C=O) groups is 2. The number of nitrogens with one attached hydrogen (secondary N) is 1. The van der Waals surface area contributed by atoms with Crippen molar-refractivity contribution in [3.63, 3.8) is 0 Å². The first kappa shape index (κ1) is 18.8. The number of hydrogen-bond acceptors (Lipinski definition) is 4. The van der Waals surface area contributed by atoms with Crippen molar-refractivity contribution < 1.29 is 32.2 Å². The Bertz CT molecular complexity index is 599. The second-order valence-corrected chi connectivity index (χ2v) is 5.78. The van der Waals surface area contributed by atoms with Crippen LogP contribution in [0.2, 0.25) is 0 Å². The summed E-state index contributed by atoms with van der Waals surface area (Å²) in [6.07, 6.45) is -1.34. The largest absolute Gasteiger partial charge is 0.467 e. The van der Waals surface area contributed by atoms with E-state index in [1.807, 2.05) is 0 Å². The third kappa shape index (κ3) is 5.80. The van der Waals surface area contributed by atoms with Gasteiger partial charge >= 0.3 is 12.1 Å². The summed E-state index contributed by atoms with van der Waals surface area (Å²) in [5.41, 5.74) is -1.09. The predicted molar refractivity (Wildman–Crippen MR) is 75.2 cm³/mol. The van der Waals surface area contributed by atoms with Crippen molar-refractivity contribution in [2.75, 3.05) is 7.11 Å². The van der Waals surface area contributed by atoms with Gasteiger partial charge in [0.1, 0.15) is 17.5 Å². The van der Waals surface area contributed by atoms with Gasteiger partial charge in [-0.05, 0) is 32.4 Å². The van der Waals surface area contributed by atoms with Gasteiger partial charge in [-0.25, -0.2) is 22.8 Å². The van der Waals surface area contributed by atoms with Gasteiger partial charge < -0.3 is 14.8 Å². The molecule has 0 saturated heterocycles. The molecule has 0 spiro atoms. The third-order valence-electron chi connectivity index (χ3n) is 2.69. The van der Waals surface area contributed by atoms with E-state index < -0.39 is 47.6 Å². The molecule has 0 radical (unpaired) electrons. The number of benzene rings is 1. The Morgan fingerprint density at radius 2 is 1.70 bits per heavy atom. The van der Waals surface area contributed by atoms with E-state index in [9.17, 15) is 22.8 Å². The van der Waals surface area contributed by atoms with Crippen LogP contribution >= 0.6 is 0 Å². The van der Waals surface area contributed by atoms with Gasteiger partial charge in [0, 0.05) is 12.5 Å². The molecule has 0 bridgehead atoms. The summed E-state index contributed by atoms with van der Waals surface area (Å²) >= 11 is 0. The zero-order chi connectivity index (χ0) is 17.8. The molecule has 0 fully saturated rings. The fraction of sp³-hybridized carbons (Fsp3) is 0.467. The number of carbonyl (C=O) groups excluding carboxylic acids is 2. The van der Waals surface area contributed by atoms with E-state index in [2.05, 4.69) is 10.1 Å². The minimum Gasteiger partial charge on any atom is -0.467 e. The van der Waals surface area contributed by atoms with E-state index in [4.69, 9.17) is 4.74 Å². The SMILES string of the molecule is COC(=O)[C@H](Cc1cc(F)c(F)cc1F)NC(=O)OC(C)(C)C. The minimum absolute atomic E-state index is 0.282. The van der Waals surface area contributed by atoms with Gasteiger partial charge in [0.15, 0.2) is 11.6 Å². The molecule has 0 unspecified atom stereocenters. The van der Waals surface area contributed by atoms with E-state index in [-0.39, 0.29) is 5.56 Å². The molecule has 0 heterocycles. The highest BCUT2D eigenvalue weighted by Crippen LogP contribution is 2.16. The van der Waals surface area contributed by atoms with Crippen molar-refractivity contribution in [1.29, 1.82) is 0 Å². The minimum atomic E-state index is -1.35. The van der Waals surface area contributed by atoms with Crippen LogP contribution in [-0.2, 0) is 20.7 Å². The highest BCUT2D eigenvalue weighted by atomic mass is 19.2. The van der Waals surface area contributed by atoms with E-state index in [0.29, 0.717) is 12.1 Å². The first-order chi connectivity index (χ1) is 10.5. The van der Waals surface area contributed by atoms with Crippen molar-refractivity contribution in [3.8, 4) is 0 Å². The summed E-state index contributed by atoms with van der Waals surface area (Å²) in [6.45, 7) is 4.86. The number of alkyl carbamates (subject to hydrolysis) is 1. The lowest BCUT2D eigenvalue weighted by atomic mass is 10.0. The maximum absolute atomic E-state index is 13.7. The summed E-state index contributed by atoms with van der Waals surface area (Å²) in [5.74, 6) is -4.52. The number of esters is 1. The summed E-state index contributed by atoms with van der Waals surface area (Å²) in [6, 6.07) is -0.321. The van der Waals surface area contributed by atoms with Gasteiger partial charge in [0.25, 0.3) is 0 Å². The second-order valence-electron chi connectivity index (χ2n) is 5.78. The van der Waals surface area contributed by atoms with Gasteiger partial charge in [-0.2, -0.15) is 0 Å². The second kappa shape index (κ2) is 7.34. The Morgan fingerprint density at radius 1 is 1.13 bits per heavy atom. The molecule has 23 heavy (non-hydrogen) atoms. The van der Waals surface area contributed by atoms with Crippen LogP contribution in [0.25, 0.3) is 0 Å². The van der Waals surface area contributed by atoms with Crippen molar-refractivity contribution in [1.82, 2.24) is 5.32 Å². The highest BCUT2D eigenvalue weighted by molar-refractivity contribution is 5.81. The maximum Gasteiger partial charge on any atom is 0.408 e. The lowest BCUT2D eigenvalue weighted by Gasteiger charge is -2.22. The van der Waals surface area contributed by atoms with Crippen LogP contribution in [0.15, 0.2) is 12.1 Å². The van der Waals surface area contributed by atoms with Crippen LogP contribution in [0.3, 0.4) is 0 Å². The van der Waals surface area contributed by atoms with E-state index in [0.717, 1.165) is 7.11 Å². The van der Waals surface area contributed by atoms with Crippen LogP contribution < -0.4 is 5.32 Å². The Hall–Kier alpha value is -2.25. The molecule has 0 aliphatic rings. The van der Waals surface area contributed by atoms with Crippen LogP contribution in [0.4, 0.5) is 18.0 Å². The Balaban J connectivity index is 2.94. The number of amides is 1. The molecule has 0 aromatic heterocycles. The molecule has 1 aromatic carbocycles. The zero-order valence-electron chi connectivity index (χ0n) is 13.2. The molecule has 0 aliphatic heterocycles. The van der Waals surface area contributed by atoms with Crippen molar-refractivity contribution in [3.05, 3.63) is 35.1 Å². The monoisotopic (exact) mass is 333 g/mol. The average Bonchev–Trinajstić information content (AvgIpc) is 2.40. The Morgan fingerprint density at radius 3 is 2.22 bits per heavy atom. The molecule has 0 aliphatic carbocycles. The van der Waals surface area contributed by atoms with Crippen LogP contribution in [0.5, 0.6) is 0 Å². The lowest BCUT2D eigenvalue weighted by Crippen LogP contribution is -2.45. The van der Waals surface area contributed by atoms with Crippen molar-refractivity contribution >= 4 is 12.1 Å². The molecule has 128 valence electrons. The summed E-state index contributed by atoms with van der Waals surface area (Å²) in [4.78, 5) is 23.4. The predicted octanol–water partition coefficient (Wildman–Crippen LogP) is 2.71. The van der Waals surface area contributed by atoms with E-state index in [1.165, 1.54) is 0 Å². The molecule has 1 amide bonds. The normalized spacial score (nSPS) is 12.5. The fourth-order valence-corrected chi connectivity index (χ4v) is 1.73. The standard InChI is InChI=1S/C15H18F3NO4/c1-15(2,3)23-14(21)19-12(13(20)22-4)6-8-5-10(17)11(18)7-9(8)16/h5,7,12H,6H2,1-4H3,(H,19,21)/t12-/m0/s1. The number of hydrogen-bond donors (Lipinski definition) is 1. The number of methoxy groups -OCH3 is 1. The molecule has 1 aromatic rings. The molecule has 1 atom stereocenters. The van der Waals surface area contributed by atoms with Crippen LogP contribution in [0, 0.1) is 17.5 Å². The van der Waals surface area contributed by atoms with Gasteiger partial charge in [-0.15, -0.1) is 0 Å². The van der Waals surface area contributed by atoms with Gasteiger partial charge in [-0.3, -0.25) is 0 Å². The first-order valence-corrected chi connectivity index (χ1v) is 6.74. The Kier molecular flexibility index (Phi) is 6.00. The average molecular weight is 333 g/mol. The number of ether oxygens (including phenoxy) is 2. The van der Waals surface area contributed by atoms with E-state index >= 15 is 0 Å². The summed E-state index contributed by atoms with van der Waals surface area (Å²) in [5, 5.41) is 2.22. The summed E-state index contributed by atoms with van der Waals surface area (Å²) < 4.78 is 49.3. The molecule has 1 rings (SSSR count). The summed E-state index contributed by atoms with van der Waals surface area (Å²) in [7, 11) is 1.08. The third-order valence-corrected chi connectivity index (χ3v) is 2.69. The quantitative estimate of drug-likeness (QED) is 0.680. The number of halogens is 3. The number of rotatable bonds is 4. The van der Waals surface area contributed by atoms with Gasteiger partial charge in [0.05, 0.1) is 7.11 Å². The Labute approximate surface area is 131 Å². The molecule has 8 heteroatoms. The topological polar surface area (TPSA) is 64.6 Å². The fourth-order valence-electron chi connectivity index (χ4n) is 1.73. The van der Waals surface area contributed by atoms with Crippen molar-refractivity contribution in [2.45, 2.75) is 38.8 Å². The molecule has 0 saturated carbocycles.